The average molecular weight is 483 g/mol. The van der Waals surface area contributed by atoms with Gasteiger partial charge in [0.2, 0.25) is 5.95 Å². The summed E-state index contributed by atoms with van der Waals surface area (Å²) in [5, 5.41) is 5.37. The van der Waals surface area contributed by atoms with E-state index in [1.807, 2.05) is 43.3 Å². The highest BCUT2D eigenvalue weighted by molar-refractivity contribution is 5.98. The summed E-state index contributed by atoms with van der Waals surface area (Å²) in [5.41, 5.74) is 4.98. The molecule has 180 valence electrons. The Morgan fingerprint density at radius 2 is 1.89 bits per heavy atom. The SMILES string of the molecule is CCNC(=O)Nc1nc2c(-c3ccccn3)cc(-c3ccn(Cc4ccc(F)cc4)c(=O)c3)cc2[nH]1. The van der Waals surface area contributed by atoms with Crippen LogP contribution in [0.1, 0.15) is 12.5 Å². The number of urea groups is 1. The van der Waals surface area contributed by atoms with Crippen molar-refractivity contribution in [2.75, 3.05) is 11.9 Å². The van der Waals surface area contributed by atoms with Crippen molar-refractivity contribution in [3.63, 3.8) is 0 Å². The number of aromatic amines is 1. The number of pyridine rings is 2. The van der Waals surface area contributed by atoms with Gasteiger partial charge in [-0.15, -0.1) is 0 Å². The predicted octanol–water partition coefficient (Wildman–Crippen LogP) is 4.78. The summed E-state index contributed by atoms with van der Waals surface area (Å²) in [6, 6.07) is 18.6. The van der Waals surface area contributed by atoms with Crippen molar-refractivity contribution in [1.82, 2.24) is 24.8 Å². The Balaban J connectivity index is 1.55. The van der Waals surface area contributed by atoms with E-state index in [0.717, 1.165) is 22.3 Å². The maximum absolute atomic E-state index is 13.2. The number of benzene rings is 2. The summed E-state index contributed by atoms with van der Waals surface area (Å²) in [6.07, 6.45) is 3.42. The standard InChI is InChI=1S/C27H23FN6O2/c1-2-29-27(36)33-26-31-23-14-19(13-21(25(23)32-26)22-5-3-4-11-30-22)18-10-12-34(24(35)15-18)16-17-6-8-20(28)9-7-17/h3-15H,2,16H2,1H3,(H3,29,31,32,33,36). The maximum Gasteiger partial charge on any atom is 0.321 e. The molecule has 0 unspecified atom stereocenters. The Bertz CT molecular complexity index is 1590. The third-order valence-electron chi connectivity index (χ3n) is 5.69. The number of nitrogens with zero attached hydrogens (tertiary/aromatic N) is 3. The van der Waals surface area contributed by atoms with E-state index in [1.165, 1.54) is 12.1 Å². The number of amides is 2. The third kappa shape index (κ3) is 4.85. The van der Waals surface area contributed by atoms with Crippen LogP contribution < -0.4 is 16.2 Å². The molecule has 0 bridgehead atoms. The molecule has 36 heavy (non-hydrogen) atoms. The van der Waals surface area contributed by atoms with Crippen molar-refractivity contribution >= 4 is 23.0 Å². The molecule has 2 aromatic carbocycles. The summed E-state index contributed by atoms with van der Waals surface area (Å²) in [5.74, 6) is -0.0105. The van der Waals surface area contributed by atoms with E-state index in [1.54, 1.807) is 35.2 Å². The number of carbonyl (C=O) groups excluding carboxylic acids is 1. The smallest absolute Gasteiger partial charge is 0.321 e. The zero-order chi connectivity index (χ0) is 25.1. The van der Waals surface area contributed by atoms with Crippen molar-refractivity contribution in [3.05, 3.63) is 101 Å². The number of carbonyl (C=O) groups is 1. The first-order valence-corrected chi connectivity index (χ1v) is 11.5. The largest absolute Gasteiger partial charge is 0.338 e. The number of H-pyrrole nitrogens is 1. The lowest BCUT2D eigenvalue weighted by Gasteiger charge is -2.10. The Labute approximate surface area is 205 Å². The van der Waals surface area contributed by atoms with Crippen LogP contribution in [-0.2, 0) is 6.54 Å². The molecule has 5 aromatic rings. The summed E-state index contributed by atoms with van der Waals surface area (Å²) in [4.78, 5) is 37.1. The second-order valence-corrected chi connectivity index (χ2v) is 8.21. The van der Waals surface area contributed by atoms with Crippen LogP contribution in [-0.4, -0.2) is 32.1 Å². The normalized spacial score (nSPS) is 10.9. The molecule has 2 amide bonds. The number of rotatable bonds is 6. The van der Waals surface area contributed by atoms with Crippen LogP contribution in [0, 0.1) is 5.82 Å². The number of imidazole rings is 1. The predicted molar refractivity (Wildman–Crippen MR) is 137 cm³/mol. The summed E-state index contributed by atoms with van der Waals surface area (Å²) in [6.45, 7) is 2.66. The maximum atomic E-state index is 13.2. The fourth-order valence-corrected chi connectivity index (χ4v) is 3.98. The molecule has 0 fully saturated rings. The van der Waals surface area contributed by atoms with Crippen LogP contribution in [0.4, 0.5) is 15.1 Å². The molecule has 0 saturated carbocycles. The van der Waals surface area contributed by atoms with Crippen molar-refractivity contribution in [3.8, 4) is 22.4 Å². The lowest BCUT2D eigenvalue weighted by molar-refractivity contribution is 0.252. The van der Waals surface area contributed by atoms with Gasteiger partial charge in [0, 0.05) is 30.6 Å². The number of anilines is 1. The first-order valence-electron chi connectivity index (χ1n) is 11.5. The van der Waals surface area contributed by atoms with Crippen LogP contribution >= 0.6 is 0 Å². The molecule has 3 aromatic heterocycles. The second kappa shape index (κ2) is 9.83. The quantitative estimate of drug-likeness (QED) is 0.324. The second-order valence-electron chi connectivity index (χ2n) is 8.21. The van der Waals surface area contributed by atoms with Crippen LogP contribution in [0.2, 0.25) is 0 Å². The minimum absolute atomic E-state index is 0.181. The van der Waals surface area contributed by atoms with Crippen LogP contribution in [0.15, 0.2) is 83.9 Å². The summed E-state index contributed by atoms with van der Waals surface area (Å²) in [7, 11) is 0. The molecule has 3 heterocycles. The molecule has 5 rings (SSSR count). The Morgan fingerprint density at radius 3 is 2.61 bits per heavy atom. The number of hydrogen-bond acceptors (Lipinski definition) is 4. The lowest BCUT2D eigenvalue weighted by atomic mass is 10.0. The van der Waals surface area contributed by atoms with Gasteiger partial charge in [-0.3, -0.25) is 15.1 Å². The molecule has 0 atom stereocenters. The van der Waals surface area contributed by atoms with Gasteiger partial charge in [-0.05, 0) is 66.1 Å². The molecular weight excluding hydrogens is 459 g/mol. The van der Waals surface area contributed by atoms with Crippen molar-refractivity contribution in [2.24, 2.45) is 0 Å². The van der Waals surface area contributed by atoms with E-state index >= 15 is 0 Å². The third-order valence-corrected chi connectivity index (χ3v) is 5.69. The zero-order valence-electron chi connectivity index (χ0n) is 19.5. The van der Waals surface area contributed by atoms with Gasteiger partial charge in [-0.25, -0.2) is 14.2 Å². The Hall–Kier alpha value is -4.79. The highest BCUT2D eigenvalue weighted by atomic mass is 19.1. The van der Waals surface area contributed by atoms with Gasteiger partial charge in [0.25, 0.3) is 5.56 Å². The first-order chi connectivity index (χ1) is 17.5. The number of fused-ring (bicyclic) bond motifs is 1. The topological polar surface area (TPSA) is 105 Å². The number of halogens is 1. The van der Waals surface area contributed by atoms with Crippen molar-refractivity contribution in [2.45, 2.75) is 13.5 Å². The summed E-state index contributed by atoms with van der Waals surface area (Å²) >= 11 is 0. The lowest BCUT2D eigenvalue weighted by Crippen LogP contribution is -2.28. The van der Waals surface area contributed by atoms with Crippen LogP contribution in [0.3, 0.4) is 0 Å². The van der Waals surface area contributed by atoms with Gasteiger partial charge in [-0.2, -0.15) is 0 Å². The van der Waals surface area contributed by atoms with Crippen molar-refractivity contribution < 1.29 is 9.18 Å². The fourth-order valence-electron chi connectivity index (χ4n) is 3.98. The van der Waals surface area contributed by atoms with Gasteiger partial charge in [0.1, 0.15) is 5.82 Å². The van der Waals surface area contributed by atoms with Gasteiger partial charge in [0.05, 0.1) is 23.3 Å². The molecule has 0 aliphatic rings. The van der Waals surface area contributed by atoms with Gasteiger partial charge in [-0.1, -0.05) is 18.2 Å². The van der Waals surface area contributed by atoms with E-state index in [-0.39, 0.29) is 17.4 Å². The van der Waals surface area contributed by atoms with Crippen molar-refractivity contribution in [1.29, 1.82) is 0 Å². The van der Waals surface area contributed by atoms with E-state index in [0.29, 0.717) is 35.8 Å². The molecule has 0 radical (unpaired) electrons. The number of hydrogen-bond donors (Lipinski definition) is 3. The molecule has 0 aliphatic carbocycles. The van der Waals surface area contributed by atoms with E-state index in [2.05, 4.69) is 25.6 Å². The average Bonchev–Trinajstić information content (AvgIpc) is 3.28. The highest BCUT2D eigenvalue weighted by Crippen LogP contribution is 2.32. The van der Waals surface area contributed by atoms with Gasteiger partial charge < -0.3 is 14.9 Å². The number of aromatic nitrogens is 4. The molecule has 0 spiro atoms. The Kier molecular flexibility index (Phi) is 6.27. The van der Waals surface area contributed by atoms with Crippen LogP contribution in [0.5, 0.6) is 0 Å². The number of nitrogens with one attached hydrogen (secondary N) is 3. The summed E-state index contributed by atoms with van der Waals surface area (Å²) < 4.78 is 14.8. The molecule has 8 nitrogen and oxygen atoms in total. The zero-order valence-corrected chi connectivity index (χ0v) is 19.5. The highest BCUT2D eigenvalue weighted by Gasteiger charge is 2.15. The molecule has 0 aliphatic heterocycles. The fraction of sp³-hybridized carbons (Fsp3) is 0.111. The molecule has 9 heteroatoms. The molecular formula is C27H23FN6O2. The minimum Gasteiger partial charge on any atom is -0.338 e. The van der Waals surface area contributed by atoms with E-state index in [9.17, 15) is 14.0 Å². The van der Waals surface area contributed by atoms with Gasteiger partial charge in [0.15, 0.2) is 0 Å². The van der Waals surface area contributed by atoms with E-state index < -0.39 is 0 Å². The first kappa shape index (κ1) is 23.0. The van der Waals surface area contributed by atoms with E-state index in [4.69, 9.17) is 0 Å². The monoisotopic (exact) mass is 482 g/mol. The minimum atomic E-state index is -0.360. The van der Waals surface area contributed by atoms with Crippen LogP contribution in [0.25, 0.3) is 33.4 Å². The molecule has 3 N–H and O–H groups in total. The molecule has 0 saturated heterocycles. The van der Waals surface area contributed by atoms with Gasteiger partial charge >= 0.3 is 6.03 Å². The Morgan fingerprint density at radius 1 is 1.06 bits per heavy atom.